The first kappa shape index (κ1) is 15.3. The Hall–Kier alpha value is -2.07. The highest BCUT2D eigenvalue weighted by Gasteiger charge is 2.10. The van der Waals surface area contributed by atoms with Gasteiger partial charge in [-0.15, -0.1) is 0 Å². The van der Waals surface area contributed by atoms with Gasteiger partial charge in [0.1, 0.15) is 0 Å². The van der Waals surface area contributed by atoms with Crippen molar-refractivity contribution in [2.24, 2.45) is 5.73 Å². The van der Waals surface area contributed by atoms with Gasteiger partial charge >= 0.3 is 0 Å². The second-order valence-corrected chi connectivity index (χ2v) is 5.35. The third-order valence-electron chi connectivity index (χ3n) is 3.24. The molecule has 21 heavy (non-hydrogen) atoms. The molecule has 1 heterocycles. The first-order valence-corrected chi connectivity index (χ1v) is 7.07. The molecular weight excluding hydrogens is 264 g/mol. The highest BCUT2D eigenvalue weighted by Crippen LogP contribution is 2.32. The molecule has 0 saturated carbocycles. The van der Waals surface area contributed by atoms with E-state index in [0.717, 1.165) is 16.8 Å². The number of rotatable bonds is 5. The van der Waals surface area contributed by atoms with E-state index in [1.54, 1.807) is 7.11 Å². The molecular formula is C17H22N2O2. The van der Waals surface area contributed by atoms with Gasteiger partial charge in [0, 0.05) is 18.3 Å². The largest absolute Gasteiger partial charge is 0.493 e. The number of nitrogens with zero attached hydrogens (tertiary/aromatic N) is 1. The summed E-state index contributed by atoms with van der Waals surface area (Å²) in [5.41, 5.74) is 8.85. The molecule has 2 aromatic rings. The Morgan fingerprint density at radius 2 is 1.90 bits per heavy atom. The summed E-state index contributed by atoms with van der Waals surface area (Å²) in [6.45, 7) is 6.66. The van der Waals surface area contributed by atoms with Gasteiger partial charge < -0.3 is 15.2 Å². The predicted molar refractivity (Wildman–Crippen MR) is 84.0 cm³/mol. The molecule has 0 spiro atoms. The van der Waals surface area contributed by atoms with Crippen molar-refractivity contribution in [1.82, 2.24) is 4.98 Å². The summed E-state index contributed by atoms with van der Waals surface area (Å²) >= 11 is 0. The quantitative estimate of drug-likeness (QED) is 0.909. The van der Waals surface area contributed by atoms with Crippen molar-refractivity contribution in [3.05, 3.63) is 47.2 Å². The SMILES string of the molecule is COc1cc(C)ccc1Oc1cc(CN)cc(C(C)C)n1. The van der Waals surface area contributed by atoms with E-state index in [2.05, 4.69) is 18.8 Å². The number of aryl methyl sites for hydroxylation is 1. The number of nitrogens with two attached hydrogens (primary N) is 1. The van der Waals surface area contributed by atoms with E-state index in [1.165, 1.54) is 0 Å². The normalized spacial score (nSPS) is 10.8. The summed E-state index contributed by atoms with van der Waals surface area (Å²) < 4.78 is 11.3. The van der Waals surface area contributed by atoms with Gasteiger partial charge in [-0.05, 0) is 42.2 Å². The van der Waals surface area contributed by atoms with Crippen LogP contribution in [0.2, 0.25) is 0 Å². The standard InChI is InChI=1S/C17H22N2O2/c1-11(2)14-8-13(10-18)9-17(19-14)21-15-6-5-12(3)7-16(15)20-4/h5-9,11H,10,18H2,1-4H3. The summed E-state index contributed by atoms with van der Waals surface area (Å²) in [5, 5.41) is 0. The first-order valence-electron chi connectivity index (χ1n) is 7.07. The van der Waals surface area contributed by atoms with Crippen LogP contribution in [0.1, 0.15) is 36.6 Å². The topological polar surface area (TPSA) is 57.4 Å². The zero-order valence-corrected chi connectivity index (χ0v) is 13.0. The highest BCUT2D eigenvalue weighted by molar-refractivity contribution is 5.44. The van der Waals surface area contributed by atoms with Crippen molar-refractivity contribution in [1.29, 1.82) is 0 Å². The average molecular weight is 286 g/mol. The van der Waals surface area contributed by atoms with E-state index >= 15 is 0 Å². The smallest absolute Gasteiger partial charge is 0.219 e. The molecule has 0 saturated heterocycles. The summed E-state index contributed by atoms with van der Waals surface area (Å²) in [7, 11) is 1.63. The summed E-state index contributed by atoms with van der Waals surface area (Å²) in [5.74, 6) is 2.21. The van der Waals surface area contributed by atoms with Gasteiger partial charge in [-0.1, -0.05) is 19.9 Å². The Morgan fingerprint density at radius 3 is 2.52 bits per heavy atom. The molecule has 0 atom stereocenters. The van der Waals surface area contributed by atoms with Gasteiger partial charge in [0.2, 0.25) is 5.88 Å². The molecule has 0 fully saturated rings. The zero-order valence-electron chi connectivity index (χ0n) is 13.0. The van der Waals surface area contributed by atoms with Crippen LogP contribution in [0, 0.1) is 6.92 Å². The molecule has 0 amide bonds. The molecule has 0 aliphatic rings. The number of ether oxygens (including phenoxy) is 2. The lowest BCUT2D eigenvalue weighted by Gasteiger charge is -2.13. The van der Waals surface area contributed by atoms with Crippen molar-refractivity contribution in [2.75, 3.05) is 7.11 Å². The minimum atomic E-state index is 0.318. The van der Waals surface area contributed by atoms with E-state index in [9.17, 15) is 0 Å². The Bertz CT molecular complexity index is 624. The van der Waals surface area contributed by atoms with Crippen LogP contribution >= 0.6 is 0 Å². The molecule has 0 bridgehead atoms. The summed E-state index contributed by atoms with van der Waals surface area (Å²) in [4.78, 5) is 4.54. The van der Waals surface area contributed by atoms with Crippen molar-refractivity contribution in [3.63, 3.8) is 0 Å². The minimum Gasteiger partial charge on any atom is -0.493 e. The lowest BCUT2D eigenvalue weighted by molar-refractivity contribution is 0.373. The van der Waals surface area contributed by atoms with Crippen molar-refractivity contribution >= 4 is 0 Å². The van der Waals surface area contributed by atoms with Crippen LogP contribution in [0.5, 0.6) is 17.4 Å². The van der Waals surface area contributed by atoms with Gasteiger partial charge in [-0.25, -0.2) is 4.98 Å². The van der Waals surface area contributed by atoms with Crippen LogP contribution < -0.4 is 15.2 Å². The lowest BCUT2D eigenvalue weighted by Crippen LogP contribution is -2.02. The van der Waals surface area contributed by atoms with Crippen LogP contribution in [0.3, 0.4) is 0 Å². The molecule has 112 valence electrons. The maximum atomic E-state index is 5.90. The van der Waals surface area contributed by atoms with E-state index in [0.29, 0.717) is 29.8 Å². The van der Waals surface area contributed by atoms with Crippen LogP contribution in [-0.2, 0) is 6.54 Å². The van der Waals surface area contributed by atoms with Gasteiger partial charge in [0.15, 0.2) is 11.5 Å². The molecule has 4 heteroatoms. The first-order chi connectivity index (χ1) is 10.0. The van der Waals surface area contributed by atoms with Crippen LogP contribution in [0.4, 0.5) is 0 Å². The van der Waals surface area contributed by atoms with Gasteiger partial charge in [0.05, 0.1) is 7.11 Å². The molecule has 1 aromatic carbocycles. The van der Waals surface area contributed by atoms with Gasteiger partial charge in [0.25, 0.3) is 0 Å². The molecule has 4 nitrogen and oxygen atoms in total. The Labute approximate surface area is 125 Å². The number of benzene rings is 1. The second-order valence-electron chi connectivity index (χ2n) is 5.35. The molecule has 2 rings (SSSR count). The molecule has 0 unspecified atom stereocenters. The zero-order chi connectivity index (χ0) is 15.4. The van der Waals surface area contributed by atoms with E-state index < -0.39 is 0 Å². The third-order valence-corrected chi connectivity index (χ3v) is 3.24. The highest BCUT2D eigenvalue weighted by atomic mass is 16.5. The fourth-order valence-corrected chi connectivity index (χ4v) is 2.02. The van der Waals surface area contributed by atoms with Crippen LogP contribution in [-0.4, -0.2) is 12.1 Å². The van der Waals surface area contributed by atoms with E-state index in [1.807, 2.05) is 37.3 Å². The summed E-state index contributed by atoms with van der Waals surface area (Å²) in [6.07, 6.45) is 0. The summed E-state index contributed by atoms with van der Waals surface area (Å²) in [6, 6.07) is 9.69. The molecule has 1 aromatic heterocycles. The van der Waals surface area contributed by atoms with Crippen molar-refractivity contribution < 1.29 is 9.47 Å². The molecule has 2 N–H and O–H groups in total. The van der Waals surface area contributed by atoms with E-state index in [4.69, 9.17) is 15.2 Å². The van der Waals surface area contributed by atoms with Gasteiger partial charge in [-0.3, -0.25) is 0 Å². The maximum Gasteiger partial charge on any atom is 0.219 e. The van der Waals surface area contributed by atoms with Crippen molar-refractivity contribution in [2.45, 2.75) is 33.2 Å². The minimum absolute atomic E-state index is 0.318. The fourth-order valence-electron chi connectivity index (χ4n) is 2.02. The number of hydrogen-bond donors (Lipinski definition) is 1. The Morgan fingerprint density at radius 1 is 1.14 bits per heavy atom. The van der Waals surface area contributed by atoms with Crippen molar-refractivity contribution in [3.8, 4) is 17.4 Å². The third kappa shape index (κ3) is 3.73. The molecule has 0 aliphatic heterocycles. The molecule has 0 radical (unpaired) electrons. The lowest BCUT2D eigenvalue weighted by atomic mass is 10.1. The molecule has 0 aliphatic carbocycles. The second kappa shape index (κ2) is 6.59. The van der Waals surface area contributed by atoms with Crippen LogP contribution in [0.15, 0.2) is 30.3 Å². The number of methoxy groups -OCH3 is 1. The predicted octanol–water partition coefficient (Wildman–Crippen LogP) is 3.77. The van der Waals surface area contributed by atoms with E-state index in [-0.39, 0.29) is 0 Å². The Balaban J connectivity index is 2.37. The number of pyridine rings is 1. The average Bonchev–Trinajstić information content (AvgIpc) is 2.48. The number of aromatic nitrogens is 1. The Kier molecular flexibility index (Phi) is 4.81. The monoisotopic (exact) mass is 286 g/mol. The number of hydrogen-bond acceptors (Lipinski definition) is 4. The van der Waals surface area contributed by atoms with Crippen LogP contribution in [0.25, 0.3) is 0 Å². The van der Waals surface area contributed by atoms with Gasteiger partial charge in [-0.2, -0.15) is 0 Å². The maximum absolute atomic E-state index is 5.90. The fraction of sp³-hybridized carbons (Fsp3) is 0.353.